The van der Waals surface area contributed by atoms with E-state index in [-0.39, 0.29) is 0 Å². The van der Waals surface area contributed by atoms with Crippen molar-refractivity contribution in [3.8, 4) is 0 Å². The highest BCUT2D eigenvalue weighted by Gasteiger charge is 2.36. The molecular weight excluding hydrogens is 747 g/mol. The van der Waals surface area contributed by atoms with E-state index in [1.807, 2.05) is 255 Å². The zero-order valence-electron chi connectivity index (χ0n) is 33.5. The van der Waals surface area contributed by atoms with E-state index in [9.17, 15) is 15.3 Å². The molecule has 0 spiro atoms. The summed E-state index contributed by atoms with van der Waals surface area (Å²) in [4.78, 5) is 2.15. The average molecular weight is 792 g/mol. The molecule has 0 unspecified atom stereocenters. The third kappa shape index (κ3) is 7.24. The van der Waals surface area contributed by atoms with Crippen LogP contribution < -0.4 is 4.90 Å². The Morgan fingerprint density at radius 1 is 0.197 bits per heavy atom. The zero-order chi connectivity index (χ0) is 41.7. The fourth-order valence-electron chi connectivity index (χ4n) is 8.58. The molecule has 0 aliphatic carbocycles. The van der Waals surface area contributed by atoms with Crippen molar-refractivity contribution in [1.82, 2.24) is 0 Å². The molecule has 0 amide bonds. The molecule has 0 saturated carbocycles. The van der Waals surface area contributed by atoms with Gasteiger partial charge in [0.1, 0.15) is 16.8 Å². The topological polar surface area (TPSA) is 63.9 Å². The quantitative estimate of drug-likeness (QED) is 0.108. The Morgan fingerprint density at radius 2 is 0.344 bits per heavy atom. The van der Waals surface area contributed by atoms with Gasteiger partial charge in [0.2, 0.25) is 0 Å². The lowest BCUT2D eigenvalue weighted by molar-refractivity contribution is 0.125. The third-order valence-electron chi connectivity index (χ3n) is 11.8. The number of aliphatic hydroxyl groups is 3. The fraction of sp³-hybridized carbons (Fsp3) is 0.0526. The molecule has 0 bridgehead atoms. The Morgan fingerprint density at radius 3 is 0.508 bits per heavy atom. The summed E-state index contributed by atoms with van der Waals surface area (Å²) in [7, 11) is 0. The molecule has 0 aliphatic heterocycles. The van der Waals surface area contributed by atoms with Crippen LogP contribution in [0.3, 0.4) is 0 Å². The molecule has 61 heavy (non-hydrogen) atoms. The summed E-state index contributed by atoms with van der Waals surface area (Å²) in [6.45, 7) is 0. The fourth-order valence-corrected chi connectivity index (χ4v) is 8.58. The van der Waals surface area contributed by atoms with Gasteiger partial charge in [0.25, 0.3) is 0 Å². The minimum Gasteiger partial charge on any atom is -0.376 e. The van der Waals surface area contributed by atoms with Crippen LogP contribution >= 0.6 is 0 Å². The van der Waals surface area contributed by atoms with E-state index >= 15 is 0 Å². The summed E-state index contributed by atoms with van der Waals surface area (Å²) in [5.41, 5.74) is 5.18. The maximum atomic E-state index is 12.6. The first kappa shape index (κ1) is 39.1. The minimum atomic E-state index is -1.39. The molecule has 0 heterocycles. The SMILES string of the molecule is OC(c1ccccc1)(c1ccccc1)c1ccc(N(c2ccc(C(O)(c3ccccc3)c3ccccc3)cc2)c2ccc(C(O)(c3ccccc3)c3ccccc3)cc2)cc1. The Labute approximate surface area is 357 Å². The second-order valence-electron chi connectivity index (χ2n) is 15.3. The van der Waals surface area contributed by atoms with E-state index < -0.39 is 16.8 Å². The lowest BCUT2D eigenvalue weighted by Gasteiger charge is -2.33. The van der Waals surface area contributed by atoms with E-state index in [1.165, 1.54) is 0 Å². The van der Waals surface area contributed by atoms with Gasteiger partial charge in [-0.1, -0.05) is 218 Å². The van der Waals surface area contributed by atoms with Crippen molar-refractivity contribution in [2.75, 3.05) is 4.90 Å². The van der Waals surface area contributed by atoms with Crippen molar-refractivity contribution in [3.05, 3.63) is 305 Å². The van der Waals surface area contributed by atoms with Crippen LogP contribution in [0.2, 0.25) is 0 Å². The summed E-state index contributed by atoms with van der Waals surface area (Å²) >= 11 is 0. The van der Waals surface area contributed by atoms with Crippen LogP contribution in [0.5, 0.6) is 0 Å². The van der Waals surface area contributed by atoms with E-state index in [4.69, 9.17) is 0 Å². The first-order valence-corrected chi connectivity index (χ1v) is 20.5. The van der Waals surface area contributed by atoms with Gasteiger partial charge in [-0.2, -0.15) is 0 Å². The summed E-state index contributed by atoms with van der Waals surface area (Å²) < 4.78 is 0. The number of benzene rings is 9. The lowest BCUT2D eigenvalue weighted by atomic mass is 9.80. The van der Waals surface area contributed by atoms with Gasteiger partial charge >= 0.3 is 0 Å². The van der Waals surface area contributed by atoms with E-state index in [1.54, 1.807) is 0 Å². The Bertz CT molecular complexity index is 2350. The van der Waals surface area contributed by atoms with Crippen molar-refractivity contribution < 1.29 is 15.3 Å². The van der Waals surface area contributed by atoms with Gasteiger partial charge in [-0.15, -0.1) is 0 Å². The molecule has 0 aromatic heterocycles. The molecule has 9 rings (SSSR count). The molecule has 4 nitrogen and oxygen atoms in total. The molecule has 3 N–H and O–H groups in total. The highest BCUT2D eigenvalue weighted by Crippen LogP contribution is 2.43. The first-order valence-electron chi connectivity index (χ1n) is 20.5. The molecule has 0 fully saturated rings. The summed E-state index contributed by atoms with van der Waals surface area (Å²) in [5, 5.41) is 37.9. The standard InChI is InChI=1S/C57H45NO3/c59-55(43-19-7-1-8-20-43,44-21-9-2-10-22-44)49-31-37-52(38-32-49)58(53-39-33-50(34-40-53)56(60,45-23-11-3-12-24-45)46-25-13-4-14-26-46)54-41-35-51(36-42-54)57(61,47-27-15-5-16-28-47)48-29-17-6-18-30-48/h1-42,59-61H. The monoisotopic (exact) mass is 791 g/mol. The molecule has 9 aromatic rings. The summed E-state index contributed by atoms with van der Waals surface area (Å²) in [5.74, 6) is 0. The third-order valence-corrected chi connectivity index (χ3v) is 11.8. The number of hydrogen-bond acceptors (Lipinski definition) is 4. The molecular formula is C57H45NO3. The van der Waals surface area contributed by atoms with E-state index in [0.717, 1.165) is 67.1 Å². The molecule has 296 valence electrons. The van der Waals surface area contributed by atoms with E-state index in [0.29, 0.717) is 0 Å². The maximum Gasteiger partial charge on any atom is 0.140 e. The average Bonchev–Trinajstić information content (AvgIpc) is 3.35. The number of nitrogens with zero attached hydrogens (tertiary/aromatic N) is 1. The summed E-state index contributed by atoms with van der Waals surface area (Å²) in [6.07, 6.45) is 0. The second kappa shape index (κ2) is 16.7. The molecule has 0 radical (unpaired) electrons. The van der Waals surface area contributed by atoms with Crippen LogP contribution in [0.25, 0.3) is 0 Å². The van der Waals surface area contributed by atoms with Gasteiger partial charge in [0, 0.05) is 17.1 Å². The van der Waals surface area contributed by atoms with Crippen LogP contribution in [-0.2, 0) is 16.8 Å². The van der Waals surface area contributed by atoms with Crippen LogP contribution in [0.4, 0.5) is 17.1 Å². The van der Waals surface area contributed by atoms with Crippen LogP contribution in [0.15, 0.2) is 255 Å². The molecule has 4 heteroatoms. The molecule has 0 aliphatic rings. The van der Waals surface area contributed by atoms with Gasteiger partial charge in [-0.25, -0.2) is 0 Å². The van der Waals surface area contributed by atoms with Crippen LogP contribution in [0.1, 0.15) is 50.1 Å². The summed E-state index contributed by atoms with van der Waals surface area (Å²) in [6, 6.07) is 82.6. The first-order chi connectivity index (χ1) is 29.9. The van der Waals surface area contributed by atoms with Crippen molar-refractivity contribution in [1.29, 1.82) is 0 Å². The van der Waals surface area contributed by atoms with Gasteiger partial charge in [-0.3, -0.25) is 0 Å². The van der Waals surface area contributed by atoms with Gasteiger partial charge < -0.3 is 20.2 Å². The van der Waals surface area contributed by atoms with Crippen molar-refractivity contribution in [2.45, 2.75) is 16.8 Å². The predicted molar refractivity (Wildman–Crippen MR) is 246 cm³/mol. The minimum absolute atomic E-state index is 0.728. The van der Waals surface area contributed by atoms with Crippen LogP contribution in [0, 0.1) is 0 Å². The molecule has 9 aromatic carbocycles. The number of hydrogen-bond donors (Lipinski definition) is 3. The van der Waals surface area contributed by atoms with Crippen molar-refractivity contribution >= 4 is 17.1 Å². The smallest absolute Gasteiger partial charge is 0.140 e. The number of rotatable bonds is 12. The molecule has 0 atom stereocenters. The maximum absolute atomic E-state index is 12.6. The van der Waals surface area contributed by atoms with Gasteiger partial charge in [0.05, 0.1) is 0 Å². The Balaban J connectivity index is 1.17. The van der Waals surface area contributed by atoms with Crippen molar-refractivity contribution in [3.63, 3.8) is 0 Å². The van der Waals surface area contributed by atoms with E-state index in [2.05, 4.69) is 4.90 Å². The molecule has 0 saturated heterocycles. The lowest BCUT2D eigenvalue weighted by Crippen LogP contribution is -2.29. The largest absolute Gasteiger partial charge is 0.376 e. The van der Waals surface area contributed by atoms with Gasteiger partial charge in [-0.05, 0) is 86.5 Å². The highest BCUT2D eigenvalue weighted by molar-refractivity contribution is 5.77. The second-order valence-corrected chi connectivity index (χ2v) is 15.3. The van der Waals surface area contributed by atoms with Gasteiger partial charge in [0.15, 0.2) is 0 Å². The Kier molecular flexibility index (Phi) is 10.7. The number of anilines is 3. The van der Waals surface area contributed by atoms with Crippen molar-refractivity contribution in [2.24, 2.45) is 0 Å². The highest BCUT2D eigenvalue weighted by atomic mass is 16.3. The van der Waals surface area contributed by atoms with Crippen LogP contribution in [-0.4, -0.2) is 15.3 Å². The zero-order valence-corrected chi connectivity index (χ0v) is 33.5. The predicted octanol–water partition coefficient (Wildman–Crippen LogP) is 12.0. The Hall–Kier alpha value is -7.34. The normalized spacial score (nSPS) is 11.9.